The van der Waals surface area contributed by atoms with Crippen molar-refractivity contribution in [2.24, 2.45) is 0 Å². The van der Waals surface area contributed by atoms with E-state index in [9.17, 15) is 10.1 Å². The molecule has 0 aliphatic carbocycles. The molecule has 0 spiro atoms. The highest BCUT2D eigenvalue weighted by Gasteiger charge is 2.24. The number of halogens is 1. The van der Waals surface area contributed by atoms with Crippen LogP contribution in [-0.4, -0.2) is 73.3 Å². The Hall–Kier alpha value is -2.79. The van der Waals surface area contributed by atoms with Gasteiger partial charge in [-0.3, -0.25) is 9.69 Å². The van der Waals surface area contributed by atoms with Gasteiger partial charge in [-0.1, -0.05) is 23.7 Å². The predicted octanol–water partition coefficient (Wildman–Crippen LogP) is 4.10. The summed E-state index contributed by atoms with van der Waals surface area (Å²) in [5, 5.41) is 10.3. The number of nitriles is 1. The lowest BCUT2D eigenvalue weighted by Gasteiger charge is -2.34. The van der Waals surface area contributed by atoms with Crippen LogP contribution in [0.3, 0.4) is 0 Å². The zero-order valence-electron chi connectivity index (χ0n) is 20.4. The molecule has 8 heteroatoms. The highest BCUT2D eigenvalue weighted by molar-refractivity contribution is 6.32. The molecule has 1 aromatic heterocycles. The van der Waals surface area contributed by atoms with Crippen LogP contribution >= 0.6 is 11.6 Å². The zero-order valence-corrected chi connectivity index (χ0v) is 21.1. The van der Waals surface area contributed by atoms with Gasteiger partial charge in [-0.25, -0.2) is 0 Å². The predicted molar refractivity (Wildman–Crippen MR) is 134 cm³/mol. The number of amides is 1. The van der Waals surface area contributed by atoms with Crippen LogP contribution < -0.4 is 4.74 Å². The fourth-order valence-corrected chi connectivity index (χ4v) is 4.62. The van der Waals surface area contributed by atoms with Gasteiger partial charge in [0.2, 0.25) is 0 Å². The Bertz CT molecular complexity index is 1060. The number of para-hydroxylation sites is 1. The summed E-state index contributed by atoms with van der Waals surface area (Å²) in [6.45, 7) is 10.6. The number of hydrogen-bond acceptors (Lipinski definition) is 5. The number of piperazine rings is 1. The van der Waals surface area contributed by atoms with Crippen molar-refractivity contribution in [3.63, 3.8) is 0 Å². The SMILES string of the molecule is COCC(C)n1c(C)cc(/C=C(\C#N)C(=O)N2CCN(CCOc3ccccc3Cl)CC2)c1C. The molecule has 1 atom stereocenters. The Morgan fingerprint density at radius 3 is 2.59 bits per heavy atom. The molecular weight excluding hydrogens is 452 g/mol. The first-order valence-corrected chi connectivity index (χ1v) is 11.9. The van der Waals surface area contributed by atoms with E-state index in [0.717, 1.165) is 36.6 Å². The van der Waals surface area contributed by atoms with Crippen molar-refractivity contribution in [1.82, 2.24) is 14.4 Å². The third kappa shape index (κ3) is 6.20. The molecule has 7 nitrogen and oxygen atoms in total. The Labute approximate surface area is 207 Å². The van der Waals surface area contributed by atoms with Crippen molar-refractivity contribution in [3.8, 4) is 11.8 Å². The van der Waals surface area contributed by atoms with Gasteiger partial charge in [0.1, 0.15) is 24.0 Å². The second kappa shape index (κ2) is 12.1. The minimum absolute atomic E-state index is 0.162. The molecular formula is C26H33ClN4O3. The first kappa shape index (κ1) is 25.8. The molecule has 1 fully saturated rings. The summed E-state index contributed by atoms with van der Waals surface area (Å²) in [6.07, 6.45) is 1.71. The Morgan fingerprint density at radius 2 is 1.94 bits per heavy atom. The molecule has 0 N–H and O–H groups in total. The van der Waals surface area contributed by atoms with E-state index in [1.165, 1.54) is 0 Å². The second-order valence-corrected chi connectivity index (χ2v) is 8.99. The maximum absolute atomic E-state index is 13.1. The lowest BCUT2D eigenvalue weighted by molar-refractivity contribution is -0.128. The molecule has 1 aliphatic heterocycles. The van der Waals surface area contributed by atoms with E-state index in [0.29, 0.717) is 37.1 Å². The molecule has 2 heterocycles. The van der Waals surface area contributed by atoms with Crippen molar-refractivity contribution in [2.75, 3.05) is 53.0 Å². The van der Waals surface area contributed by atoms with Gasteiger partial charge in [-0.2, -0.15) is 5.26 Å². The number of benzene rings is 1. The zero-order chi connectivity index (χ0) is 24.7. The Kier molecular flexibility index (Phi) is 9.17. The van der Waals surface area contributed by atoms with Crippen LogP contribution in [0.4, 0.5) is 0 Å². The monoisotopic (exact) mass is 484 g/mol. The first-order chi connectivity index (χ1) is 16.3. The Balaban J connectivity index is 1.57. The van der Waals surface area contributed by atoms with E-state index < -0.39 is 0 Å². The lowest BCUT2D eigenvalue weighted by Crippen LogP contribution is -2.49. The number of ether oxygens (including phenoxy) is 2. The maximum Gasteiger partial charge on any atom is 0.264 e. The molecule has 0 bridgehead atoms. The lowest BCUT2D eigenvalue weighted by atomic mass is 10.1. The summed E-state index contributed by atoms with van der Waals surface area (Å²) < 4.78 is 13.2. The van der Waals surface area contributed by atoms with Gasteiger partial charge in [-0.15, -0.1) is 0 Å². The van der Waals surface area contributed by atoms with Crippen LogP contribution in [-0.2, 0) is 9.53 Å². The number of methoxy groups -OCH3 is 1. The van der Waals surface area contributed by atoms with Crippen LogP contribution in [0.15, 0.2) is 35.9 Å². The van der Waals surface area contributed by atoms with E-state index in [-0.39, 0.29) is 17.5 Å². The molecule has 0 saturated carbocycles. The van der Waals surface area contributed by atoms with Gasteiger partial charge in [0.05, 0.1) is 17.7 Å². The van der Waals surface area contributed by atoms with Crippen molar-refractivity contribution >= 4 is 23.6 Å². The fraction of sp³-hybridized carbons (Fsp3) is 0.462. The fourth-order valence-electron chi connectivity index (χ4n) is 4.43. The maximum atomic E-state index is 13.1. The number of carbonyl (C=O) groups excluding carboxylic acids is 1. The minimum atomic E-state index is -0.218. The van der Waals surface area contributed by atoms with Crippen molar-refractivity contribution in [3.05, 3.63) is 57.9 Å². The van der Waals surface area contributed by atoms with Gasteiger partial charge in [-0.05, 0) is 50.6 Å². The summed E-state index contributed by atoms with van der Waals surface area (Å²) in [7, 11) is 1.68. The smallest absolute Gasteiger partial charge is 0.264 e. The topological polar surface area (TPSA) is 70.7 Å². The first-order valence-electron chi connectivity index (χ1n) is 11.5. The van der Waals surface area contributed by atoms with E-state index in [1.54, 1.807) is 24.2 Å². The summed E-state index contributed by atoms with van der Waals surface area (Å²) in [4.78, 5) is 17.1. The van der Waals surface area contributed by atoms with E-state index in [2.05, 4.69) is 22.5 Å². The molecule has 2 aromatic rings. The standard InChI is InChI=1S/C26H33ClN4O3/c1-19-15-22(21(3)31(19)20(2)18-33-4)16-23(17-28)26(32)30-11-9-29(10-12-30)13-14-34-25-8-6-5-7-24(25)27/h5-8,15-16,20H,9-14,18H2,1-4H3/b23-16+. The van der Waals surface area contributed by atoms with Crippen LogP contribution in [0.2, 0.25) is 5.02 Å². The molecule has 1 amide bonds. The third-order valence-electron chi connectivity index (χ3n) is 6.18. The average Bonchev–Trinajstić information content (AvgIpc) is 3.11. The van der Waals surface area contributed by atoms with Gasteiger partial charge in [0, 0.05) is 51.2 Å². The number of aryl methyl sites for hydroxylation is 1. The molecule has 182 valence electrons. The van der Waals surface area contributed by atoms with Crippen molar-refractivity contribution in [2.45, 2.75) is 26.8 Å². The normalized spacial score (nSPS) is 15.8. The van der Waals surface area contributed by atoms with Crippen LogP contribution in [0.25, 0.3) is 6.08 Å². The highest BCUT2D eigenvalue weighted by atomic mass is 35.5. The minimum Gasteiger partial charge on any atom is -0.491 e. The summed E-state index contributed by atoms with van der Waals surface area (Å²) in [5.41, 5.74) is 3.15. The number of hydrogen-bond donors (Lipinski definition) is 0. The number of aromatic nitrogens is 1. The quantitative estimate of drug-likeness (QED) is 0.396. The summed E-state index contributed by atoms with van der Waals surface area (Å²) in [5.74, 6) is 0.460. The number of carbonyl (C=O) groups is 1. The Morgan fingerprint density at radius 1 is 1.24 bits per heavy atom. The van der Waals surface area contributed by atoms with Crippen LogP contribution in [0, 0.1) is 25.2 Å². The van der Waals surface area contributed by atoms with Crippen LogP contribution in [0.1, 0.15) is 29.9 Å². The second-order valence-electron chi connectivity index (χ2n) is 8.58. The molecule has 34 heavy (non-hydrogen) atoms. The average molecular weight is 485 g/mol. The molecule has 1 saturated heterocycles. The summed E-state index contributed by atoms with van der Waals surface area (Å²) >= 11 is 6.13. The van der Waals surface area contributed by atoms with Gasteiger partial charge in [0.15, 0.2) is 0 Å². The van der Waals surface area contributed by atoms with Gasteiger partial charge < -0.3 is 18.9 Å². The van der Waals surface area contributed by atoms with E-state index in [1.807, 2.05) is 38.1 Å². The number of rotatable bonds is 9. The summed E-state index contributed by atoms with van der Waals surface area (Å²) in [6, 6.07) is 11.7. The number of nitrogens with zero attached hydrogens (tertiary/aromatic N) is 4. The third-order valence-corrected chi connectivity index (χ3v) is 6.50. The van der Waals surface area contributed by atoms with Gasteiger partial charge >= 0.3 is 0 Å². The van der Waals surface area contributed by atoms with Crippen molar-refractivity contribution in [1.29, 1.82) is 5.26 Å². The molecule has 3 rings (SSSR count). The molecule has 0 radical (unpaired) electrons. The van der Waals surface area contributed by atoms with E-state index >= 15 is 0 Å². The largest absolute Gasteiger partial charge is 0.491 e. The van der Waals surface area contributed by atoms with E-state index in [4.69, 9.17) is 21.1 Å². The van der Waals surface area contributed by atoms with Gasteiger partial charge in [0.25, 0.3) is 5.91 Å². The molecule has 1 aromatic carbocycles. The highest BCUT2D eigenvalue weighted by Crippen LogP contribution is 2.24. The molecule has 1 aliphatic rings. The van der Waals surface area contributed by atoms with Crippen molar-refractivity contribution < 1.29 is 14.3 Å². The molecule has 1 unspecified atom stereocenters. The van der Waals surface area contributed by atoms with Crippen LogP contribution in [0.5, 0.6) is 5.75 Å².